The van der Waals surface area contributed by atoms with Gasteiger partial charge in [0.25, 0.3) is 5.91 Å². The van der Waals surface area contributed by atoms with Gasteiger partial charge in [-0.05, 0) is 26.7 Å². The van der Waals surface area contributed by atoms with Crippen molar-refractivity contribution in [3.8, 4) is 0 Å². The number of aromatic nitrogens is 1. The van der Waals surface area contributed by atoms with Crippen molar-refractivity contribution in [3.63, 3.8) is 0 Å². The number of carboxylic acids is 1. The largest absolute Gasteiger partial charge is 0.481 e. The Morgan fingerprint density at radius 1 is 1.53 bits per heavy atom. The van der Waals surface area contributed by atoms with E-state index in [1.807, 2.05) is 13.8 Å². The number of carboxylic acid groups (broad SMARTS) is 1. The Labute approximate surface area is 116 Å². The number of nitrogens with two attached hydrogens (primary N) is 1. The van der Waals surface area contributed by atoms with Gasteiger partial charge in [0, 0.05) is 17.8 Å². The van der Waals surface area contributed by atoms with Gasteiger partial charge in [0.05, 0.1) is 6.04 Å². The van der Waals surface area contributed by atoms with Gasteiger partial charge in [-0.1, -0.05) is 0 Å². The van der Waals surface area contributed by atoms with Gasteiger partial charge in [-0.15, -0.1) is 11.3 Å². The summed E-state index contributed by atoms with van der Waals surface area (Å²) in [4.78, 5) is 26.4. The van der Waals surface area contributed by atoms with E-state index in [-0.39, 0.29) is 24.4 Å². The number of hydrogen-bond acceptors (Lipinski definition) is 5. The Morgan fingerprint density at radius 3 is 2.74 bits per heavy atom. The molecule has 0 aliphatic rings. The molecule has 106 valence electrons. The van der Waals surface area contributed by atoms with Gasteiger partial charge in [-0.3, -0.25) is 9.59 Å². The lowest BCUT2D eigenvalue weighted by atomic mass is 10.1. The average Bonchev–Trinajstić information content (AvgIpc) is 2.77. The van der Waals surface area contributed by atoms with E-state index in [0.29, 0.717) is 18.5 Å². The van der Waals surface area contributed by atoms with E-state index in [1.165, 1.54) is 11.3 Å². The van der Waals surface area contributed by atoms with Crippen molar-refractivity contribution in [3.05, 3.63) is 16.1 Å². The summed E-state index contributed by atoms with van der Waals surface area (Å²) >= 11 is 1.36. The summed E-state index contributed by atoms with van der Waals surface area (Å²) in [6.45, 7) is 3.66. The molecule has 0 saturated carbocycles. The molecule has 4 N–H and O–H groups in total. The third kappa shape index (κ3) is 5.35. The summed E-state index contributed by atoms with van der Waals surface area (Å²) in [5, 5.41) is 13.7. The van der Waals surface area contributed by atoms with Crippen molar-refractivity contribution in [2.24, 2.45) is 5.73 Å². The number of aliphatic carboxylic acids is 1. The normalized spacial score (nSPS) is 13.8. The number of amides is 1. The van der Waals surface area contributed by atoms with Crippen LogP contribution in [-0.2, 0) is 4.79 Å². The van der Waals surface area contributed by atoms with E-state index in [0.717, 1.165) is 5.01 Å². The van der Waals surface area contributed by atoms with Crippen molar-refractivity contribution in [2.75, 3.05) is 0 Å². The SMILES string of the molecule is CC(CCCC(=O)O)NC(=O)c1csc(C(C)N)n1. The van der Waals surface area contributed by atoms with Crippen LogP contribution < -0.4 is 11.1 Å². The number of carbonyl (C=O) groups excluding carboxylic acids is 1. The third-order valence-corrected chi connectivity index (χ3v) is 3.60. The molecule has 0 fully saturated rings. The zero-order valence-corrected chi connectivity index (χ0v) is 11.9. The summed E-state index contributed by atoms with van der Waals surface area (Å²) in [5.41, 5.74) is 6.05. The molecule has 1 amide bonds. The maximum Gasteiger partial charge on any atom is 0.303 e. The van der Waals surface area contributed by atoms with Crippen molar-refractivity contribution in [1.29, 1.82) is 0 Å². The minimum Gasteiger partial charge on any atom is -0.481 e. The van der Waals surface area contributed by atoms with E-state index >= 15 is 0 Å². The number of thiazole rings is 1. The molecule has 6 nitrogen and oxygen atoms in total. The molecular formula is C12H19N3O3S. The summed E-state index contributed by atoms with van der Waals surface area (Å²) in [6.07, 6.45) is 1.28. The highest BCUT2D eigenvalue weighted by Crippen LogP contribution is 2.15. The lowest BCUT2D eigenvalue weighted by molar-refractivity contribution is -0.137. The van der Waals surface area contributed by atoms with E-state index in [2.05, 4.69) is 10.3 Å². The molecule has 0 bridgehead atoms. The van der Waals surface area contributed by atoms with Gasteiger partial charge in [0.1, 0.15) is 10.7 Å². The van der Waals surface area contributed by atoms with Crippen molar-refractivity contribution < 1.29 is 14.7 Å². The predicted octanol–water partition coefficient (Wildman–Crippen LogP) is 1.54. The number of hydrogen-bond donors (Lipinski definition) is 3. The van der Waals surface area contributed by atoms with Crippen LogP contribution in [-0.4, -0.2) is 28.0 Å². The van der Waals surface area contributed by atoms with Crippen LogP contribution in [0.4, 0.5) is 0 Å². The summed E-state index contributed by atoms with van der Waals surface area (Å²) in [7, 11) is 0. The zero-order valence-electron chi connectivity index (χ0n) is 11.0. The van der Waals surface area contributed by atoms with E-state index in [1.54, 1.807) is 5.38 Å². The summed E-state index contributed by atoms with van der Waals surface area (Å²) in [6, 6.07) is -0.258. The molecule has 7 heteroatoms. The van der Waals surface area contributed by atoms with Crippen LogP contribution in [0.3, 0.4) is 0 Å². The predicted molar refractivity (Wildman–Crippen MR) is 73.1 cm³/mol. The monoisotopic (exact) mass is 285 g/mol. The van der Waals surface area contributed by atoms with Gasteiger partial charge >= 0.3 is 5.97 Å². The second-order valence-corrected chi connectivity index (χ2v) is 5.41. The first kappa shape index (κ1) is 15.6. The molecule has 1 heterocycles. The molecular weight excluding hydrogens is 266 g/mol. The van der Waals surface area contributed by atoms with Crippen molar-refractivity contribution >= 4 is 23.2 Å². The van der Waals surface area contributed by atoms with Crippen LogP contribution in [0.25, 0.3) is 0 Å². The van der Waals surface area contributed by atoms with Crippen LogP contribution >= 0.6 is 11.3 Å². The molecule has 19 heavy (non-hydrogen) atoms. The molecule has 0 aromatic carbocycles. The Morgan fingerprint density at radius 2 is 2.21 bits per heavy atom. The lowest BCUT2D eigenvalue weighted by Crippen LogP contribution is -2.32. The van der Waals surface area contributed by atoms with Gasteiger partial charge in [-0.2, -0.15) is 0 Å². The van der Waals surface area contributed by atoms with Crippen LogP contribution in [0.15, 0.2) is 5.38 Å². The van der Waals surface area contributed by atoms with Crippen LogP contribution in [0, 0.1) is 0 Å². The van der Waals surface area contributed by atoms with Crippen LogP contribution in [0.5, 0.6) is 0 Å². The molecule has 1 rings (SSSR count). The first-order valence-electron chi connectivity index (χ1n) is 6.13. The summed E-state index contributed by atoms with van der Waals surface area (Å²) in [5.74, 6) is -1.06. The molecule has 0 aliphatic carbocycles. The smallest absolute Gasteiger partial charge is 0.303 e. The third-order valence-electron chi connectivity index (χ3n) is 2.55. The number of rotatable bonds is 7. The van der Waals surface area contributed by atoms with E-state index < -0.39 is 5.97 Å². The zero-order chi connectivity index (χ0) is 14.4. The molecule has 1 aromatic rings. The molecule has 2 unspecified atom stereocenters. The summed E-state index contributed by atoms with van der Waals surface area (Å²) < 4.78 is 0. The highest BCUT2D eigenvalue weighted by atomic mass is 32.1. The fraction of sp³-hybridized carbons (Fsp3) is 0.583. The fourth-order valence-corrected chi connectivity index (χ4v) is 2.29. The Kier molecular flexibility index (Phi) is 5.91. The second-order valence-electron chi connectivity index (χ2n) is 4.52. The standard InChI is InChI=1S/C12H19N3O3S/c1-7(4-3-5-10(16)17)14-11(18)9-6-19-12(15-9)8(2)13/h6-8H,3-5,13H2,1-2H3,(H,14,18)(H,16,17). The minimum absolute atomic E-state index is 0.0766. The quantitative estimate of drug-likeness (QED) is 0.704. The maximum atomic E-state index is 11.9. The van der Waals surface area contributed by atoms with Crippen molar-refractivity contribution in [2.45, 2.75) is 45.2 Å². The van der Waals surface area contributed by atoms with Crippen LogP contribution in [0.2, 0.25) is 0 Å². The van der Waals surface area contributed by atoms with Gasteiger partial charge in [0.2, 0.25) is 0 Å². The van der Waals surface area contributed by atoms with E-state index in [9.17, 15) is 9.59 Å². The molecule has 1 aromatic heterocycles. The number of nitrogens with one attached hydrogen (secondary N) is 1. The first-order chi connectivity index (χ1) is 8.90. The maximum absolute atomic E-state index is 11.9. The Hall–Kier alpha value is -1.47. The van der Waals surface area contributed by atoms with Gasteiger partial charge in [-0.25, -0.2) is 4.98 Å². The first-order valence-corrected chi connectivity index (χ1v) is 7.01. The van der Waals surface area contributed by atoms with Crippen LogP contribution in [0.1, 0.15) is 54.6 Å². The number of nitrogens with zero attached hydrogens (tertiary/aromatic N) is 1. The second kappa shape index (κ2) is 7.20. The fourth-order valence-electron chi connectivity index (χ4n) is 1.53. The Bertz CT molecular complexity index is 445. The molecule has 0 radical (unpaired) electrons. The molecule has 2 atom stereocenters. The molecule has 0 aliphatic heterocycles. The highest BCUT2D eigenvalue weighted by Gasteiger charge is 2.14. The Balaban J connectivity index is 2.42. The highest BCUT2D eigenvalue weighted by molar-refractivity contribution is 7.09. The minimum atomic E-state index is -0.820. The topological polar surface area (TPSA) is 105 Å². The lowest BCUT2D eigenvalue weighted by Gasteiger charge is -2.12. The van der Waals surface area contributed by atoms with Gasteiger partial charge in [0.15, 0.2) is 0 Å². The molecule has 0 spiro atoms. The van der Waals surface area contributed by atoms with Crippen molar-refractivity contribution in [1.82, 2.24) is 10.3 Å². The average molecular weight is 285 g/mol. The molecule has 0 saturated heterocycles. The van der Waals surface area contributed by atoms with E-state index in [4.69, 9.17) is 10.8 Å². The van der Waals surface area contributed by atoms with Gasteiger partial charge < -0.3 is 16.2 Å². The number of carbonyl (C=O) groups is 2.